The number of ether oxygens (including phenoxy) is 1. The van der Waals surface area contributed by atoms with E-state index in [0.29, 0.717) is 11.4 Å². The summed E-state index contributed by atoms with van der Waals surface area (Å²) in [6, 6.07) is 0. The van der Waals surface area contributed by atoms with Crippen molar-refractivity contribution < 1.29 is 19.1 Å². The van der Waals surface area contributed by atoms with E-state index >= 15 is 0 Å². The lowest BCUT2D eigenvalue weighted by Crippen LogP contribution is -2.16. The lowest BCUT2D eigenvalue weighted by Gasteiger charge is -2.00. The van der Waals surface area contributed by atoms with E-state index in [9.17, 15) is 14.4 Å². The number of ketones is 2. The Morgan fingerprint density at radius 1 is 1.00 bits per heavy atom. The van der Waals surface area contributed by atoms with Crippen LogP contribution in [0.3, 0.4) is 0 Å². The normalized spacial score (nSPS) is 12.1. The highest BCUT2D eigenvalue weighted by atomic mass is 16.5. The maximum absolute atomic E-state index is 11.1. The molecule has 0 aliphatic rings. The van der Waals surface area contributed by atoms with Gasteiger partial charge in [0.2, 0.25) is 0 Å². The Morgan fingerprint density at radius 3 is 1.94 bits per heavy atom. The maximum Gasteiger partial charge on any atom is 0.314 e. The quantitative estimate of drug-likeness (QED) is 0.377. The van der Waals surface area contributed by atoms with Gasteiger partial charge in [0.05, 0.1) is 0 Å². The molecule has 0 saturated heterocycles. The highest BCUT2D eigenvalue weighted by Crippen LogP contribution is 1.94. The molecule has 0 aromatic heterocycles. The molecule has 6 nitrogen and oxygen atoms in total. The van der Waals surface area contributed by atoms with Gasteiger partial charge in [-0.2, -0.15) is 0 Å². The average Bonchev–Trinajstić information content (AvgIpc) is 2.12. The summed E-state index contributed by atoms with van der Waals surface area (Å²) in [5, 5.41) is 0. The first-order valence-electron chi connectivity index (χ1n) is 4.90. The van der Waals surface area contributed by atoms with Gasteiger partial charge in [0.15, 0.2) is 18.2 Å². The van der Waals surface area contributed by atoms with Gasteiger partial charge in [0.25, 0.3) is 0 Å². The molecule has 17 heavy (non-hydrogen) atoms. The minimum absolute atomic E-state index is 0.306. The van der Waals surface area contributed by atoms with Crippen LogP contribution in [0.1, 0.15) is 20.3 Å². The predicted octanol–water partition coefficient (Wildman–Crippen LogP) is -0.217. The van der Waals surface area contributed by atoms with E-state index < -0.39 is 30.6 Å². The Balaban J connectivity index is 4.05. The van der Waals surface area contributed by atoms with Gasteiger partial charge in [-0.25, -0.2) is 0 Å². The van der Waals surface area contributed by atoms with E-state index in [0.717, 1.165) is 12.2 Å². The summed E-state index contributed by atoms with van der Waals surface area (Å²) in [4.78, 5) is 33.3. The average molecular weight is 240 g/mol. The van der Waals surface area contributed by atoms with Gasteiger partial charge in [-0.1, -0.05) is 0 Å². The van der Waals surface area contributed by atoms with Gasteiger partial charge in [-0.05, 0) is 13.8 Å². The van der Waals surface area contributed by atoms with E-state index in [4.69, 9.17) is 11.5 Å². The summed E-state index contributed by atoms with van der Waals surface area (Å²) in [6.07, 6.45) is 1.85. The molecule has 6 heteroatoms. The molecule has 0 unspecified atom stereocenters. The van der Waals surface area contributed by atoms with Crippen molar-refractivity contribution in [3.63, 3.8) is 0 Å². The molecule has 0 rings (SSSR count). The van der Waals surface area contributed by atoms with Crippen LogP contribution in [0.2, 0.25) is 0 Å². The number of carbonyl (C=O) groups excluding carboxylic acids is 3. The van der Waals surface area contributed by atoms with Gasteiger partial charge in [-0.3, -0.25) is 14.4 Å². The van der Waals surface area contributed by atoms with Gasteiger partial charge in [0.1, 0.15) is 6.42 Å². The lowest BCUT2D eigenvalue weighted by molar-refractivity contribution is -0.148. The highest BCUT2D eigenvalue weighted by Gasteiger charge is 2.10. The fourth-order valence-electron chi connectivity index (χ4n) is 0.945. The zero-order valence-corrected chi connectivity index (χ0v) is 9.86. The summed E-state index contributed by atoms with van der Waals surface area (Å²) in [7, 11) is 0. The van der Waals surface area contributed by atoms with Crippen LogP contribution in [-0.2, 0) is 19.1 Å². The van der Waals surface area contributed by atoms with Crippen LogP contribution in [0.25, 0.3) is 0 Å². The van der Waals surface area contributed by atoms with Crippen molar-refractivity contribution in [2.24, 2.45) is 11.5 Å². The van der Waals surface area contributed by atoms with E-state index in [2.05, 4.69) is 4.74 Å². The Morgan fingerprint density at radius 2 is 1.47 bits per heavy atom. The van der Waals surface area contributed by atoms with Crippen molar-refractivity contribution in [3.05, 3.63) is 23.5 Å². The Labute approximate surface area is 99.3 Å². The van der Waals surface area contributed by atoms with Crippen molar-refractivity contribution >= 4 is 17.5 Å². The van der Waals surface area contributed by atoms with E-state index in [1.54, 1.807) is 0 Å². The molecule has 0 aromatic rings. The fraction of sp³-hybridized carbons (Fsp3) is 0.364. The molecule has 0 aliphatic carbocycles. The first-order chi connectivity index (χ1) is 7.81. The number of esters is 1. The second-order valence-electron chi connectivity index (χ2n) is 3.55. The standard InChI is InChI=1S/C11H16N2O4/c1-7(12)3-9(14)5-11(16)17-6-10(15)4-8(2)13/h3-4H,5-6,12-13H2,1-2H3/b7-3-,8-4-. The van der Waals surface area contributed by atoms with Crippen molar-refractivity contribution in [2.75, 3.05) is 6.61 Å². The van der Waals surface area contributed by atoms with Crippen LogP contribution in [0, 0.1) is 0 Å². The third kappa shape index (κ3) is 8.86. The predicted molar refractivity (Wildman–Crippen MR) is 61.5 cm³/mol. The van der Waals surface area contributed by atoms with Crippen LogP contribution in [0.5, 0.6) is 0 Å². The molecule has 0 heterocycles. The minimum atomic E-state index is -0.774. The number of nitrogens with two attached hydrogens (primary N) is 2. The summed E-state index contributed by atoms with van der Waals surface area (Å²) < 4.78 is 4.58. The molecule has 0 bridgehead atoms. The molecule has 0 radical (unpaired) electrons. The number of allylic oxidation sites excluding steroid dienone is 3. The molecular weight excluding hydrogens is 224 g/mol. The third-order valence-corrected chi connectivity index (χ3v) is 1.47. The largest absolute Gasteiger partial charge is 0.457 e. The number of hydrogen-bond donors (Lipinski definition) is 2. The number of carbonyl (C=O) groups is 3. The van der Waals surface area contributed by atoms with Crippen LogP contribution in [-0.4, -0.2) is 24.1 Å². The van der Waals surface area contributed by atoms with Crippen molar-refractivity contribution in [1.29, 1.82) is 0 Å². The lowest BCUT2D eigenvalue weighted by atomic mass is 10.2. The van der Waals surface area contributed by atoms with Crippen molar-refractivity contribution in [2.45, 2.75) is 20.3 Å². The van der Waals surface area contributed by atoms with Crippen LogP contribution < -0.4 is 11.5 Å². The molecule has 4 N–H and O–H groups in total. The summed E-state index contributed by atoms with van der Waals surface area (Å²) >= 11 is 0. The molecule has 0 aliphatic heterocycles. The molecule has 0 amide bonds. The zero-order chi connectivity index (χ0) is 13.4. The molecule has 0 saturated carbocycles. The molecule has 94 valence electrons. The first-order valence-corrected chi connectivity index (χ1v) is 4.90. The van der Waals surface area contributed by atoms with Gasteiger partial charge in [0, 0.05) is 23.5 Å². The topological polar surface area (TPSA) is 112 Å². The van der Waals surface area contributed by atoms with E-state index in [1.165, 1.54) is 13.8 Å². The zero-order valence-electron chi connectivity index (χ0n) is 9.86. The molecule has 0 aromatic carbocycles. The summed E-state index contributed by atoms with van der Waals surface area (Å²) in [5.41, 5.74) is 11.1. The smallest absolute Gasteiger partial charge is 0.314 e. The van der Waals surface area contributed by atoms with Crippen LogP contribution in [0.15, 0.2) is 23.5 Å². The van der Waals surface area contributed by atoms with E-state index in [-0.39, 0.29) is 0 Å². The molecular formula is C11H16N2O4. The van der Waals surface area contributed by atoms with Crippen molar-refractivity contribution in [1.82, 2.24) is 0 Å². The number of hydrogen-bond acceptors (Lipinski definition) is 6. The second kappa shape index (κ2) is 7.21. The maximum atomic E-state index is 11.1. The van der Waals surface area contributed by atoms with Gasteiger partial charge in [-0.15, -0.1) is 0 Å². The summed E-state index contributed by atoms with van der Waals surface area (Å²) in [6.45, 7) is 2.64. The monoisotopic (exact) mass is 240 g/mol. The Bertz CT molecular complexity index is 375. The fourth-order valence-corrected chi connectivity index (χ4v) is 0.945. The van der Waals surface area contributed by atoms with Gasteiger partial charge < -0.3 is 16.2 Å². The highest BCUT2D eigenvalue weighted by molar-refractivity contribution is 6.02. The third-order valence-electron chi connectivity index (χ3n) is 1.47. The van der Waals surface area contributed by atoms with Crippen LogP contribution >= 0.6 is 0 Å². The summed E-state index contributed by atoms with van der Waals surface area (Å²) in [5.74, 6) is -1.67. The molecule has 0 atom stereocenters. The van der Waals surface area contributed by atoms with E-state index in [1.807, 2.05) is 0 Å². The SMILES string of the molecule is C/C(N)=C/C(=O)COC(=O)CC(=O)/C=C(/C)N. The molecule has 0 spiro atoms. The van der Waals surface area contributed by atoms with Crippen LogP contribution in [0.4, 0.5) is 0 Å². The molecule has 0 fully saturated rings. The first kappa shape index (κ1) is 14.9. The van der Waals surface area contributed by atoms with Gasteiger partial charge >= 0.3 is 5.97 Å². The Hall–Kier alpha value is -2.11. The van der Waals surface area contributed by atoms with Crippen molar-refractivity contribution in [3.8, 4) is 0 Å². The Kier molecular flexibility index (Phi) is 6.32. The minimum Gasteiger partial charge on any atom is -0.457 e. The number of rotatable bonds is 6. The second-order valence-corrected chi connectivity index (χ2v) is 3.55.